The number of nitrogens with zero attached hydrogens (tertiary/aromatic N) is 3. The summed E-state index contributed by atoms with van der Waals surface area (Å²) in [6.07, 6.45) is 0.930. The zero-order valence-corrected chi connectivity index (χ0v) is 8.35. The predicted molar refractivity (Wildman–Crippen MR) is 54.6 cm³/mol. The normalized spacial score (nSPS) is 9.45. The topological polar surface area (TPSA) is 28.0 Å². The fraction of sp³-hybridized carbons (Fsp3) is 0.833. The zero-order valence-electron chi connectivity index (χ0n) is 6.56. The van der Waals surface area contributed by atoms with Crippen LogP contribution in [0.2, 0.25) is 0 Å². The molecule has 0 bridgehead atoms. The largest absolute Gasteiger partial charge is 0.226 e. The van der Waals surface area contributed by atoms with E-state index in [1.807, 2.05) is 6.92 Å². The van der Waals surface area contributed by atoms with Gasteiger partial charge in [-0.15, -0.1) is 0 Å². The van der Waals surface area contributed by atoms with Crippen molar-refractivity contribution in [2.24, 2.45) is 9.98 Å². The predicted octanol–water partition coefficient (Wildman–Crippen LogP) is 1.56. The average Bonchev–Trinajstić information content (AvgIpc) is 1.96. The molecule has 3 nitrogen and oxygen atoms in total. The van der Waals surface area contributed by atoms with E-state index in [0.717, 1.165) is 26.1 Å². The smallest absolute Gasteiger partial charge is 0.0892 e. The minimum absolute atomic E-state index is 0.737. The van der Waals surface area contributed by atoms with Crippen LogP contribution in [0.15, 0.2) is 9.98 Å². The second-order valence-corrected chi connectivity index (χ2v) is 3.19. The molecule has 0 unspecified atom stereocenters. The fourth-order valence-corrected chi connectivity index (χ4v) is 0.745. The van der Waals surface area contributed by atoms with Gasteiger partial charge in [0, 0.05) is 13.1 Å². The highest BCUT2D eigenvalue weighted by atomic mass is 32.2. The quantitative estimate of drug-likeness (QED) is 0.385. The van der Waals surface area contributed by atoms with Crippen LogP contribution in [0.25, 0.3) is 0 Å². The summed E-state index contributed by atoms with van der Waals surface area (Å²) in [4.78, 5) is 7.74. The Bertz CT molecular complexity index is 141. The van der Waals surface area contributed by atoms with E-state index in [2.05, 4.69) is 41.6 Å². The monoisotopic (exact) mass is 191 g/mol. The lowest BCUT2D eigenvalue weighted by molar-refractivity contribution is 0.692. The summed E-state index contributed by atoms with van der Waals surface area (Å²) in [7, 11) is 0. The van der Waals surface area contributed by atoms with Crippen LogP contribution in [0.3, 0.4) is 0 Å². The van der Waals surface area contributed by atoms with Crippen molar-refractivity contribution < 1.29 is 0 Å². The molecule has 0 spiro atoms. The Morgan fingerprint density at radius 2 is 2.09 bits per heavy atom. The van der Waals surface area contributed by atoms with Gasteiger partial charge in [0.15, 0.2) is 0 Å². The lowest BCUT2D eigenvalue weighted by Crippen LogP contribution is -2.01. The van der Waals surface area contributed by atoms with Gasteiger partial charge in [0.25, 0.3) is 0 Å². The number of hydrogen-bond donors (Lipinski definition) is 2. The molecule has 0 fully saturated rings. The Morgan fingerprint density at radius 3 is 2.64 bits per heavy atom. The molecule has 0 aliphatic rings. The zero-order chi connectivity index (χ0) is 8.53. The minimum Gasteiger partial charge on any atom is -0.226 e. The van der Waals surface area contributed by atoms with E-state index in [-0.39, 0.29) is 0 Å². The molecule has 0 aliphatic heterocycles. The van der Waals surface area contributed by atoms with Crippen molar-refractivity contribution in [1.82, 2.24) is 3.71 Å². The van der Waals surface area contributed by atoms with Gasteiger partial charge in [-0.2, -0.15) is 3.71 Å². The highest BCUT2D eigenvalue weighted by molar-refractivity contribution is 7.93. The van der Waals surface area contributed by atoms with Crippen molar-refractivity contribution in [3.63, 3.8) is 0 Å². The molecule has 0 heterocycles. The minimum atomic E-state index is 0.737. The highest BCUT2D eigenvalue weighted by Gasteiger charge is 1.88. The van der Waals surface area contributed by atoms with Gasteiger partial charge in [-0.25, -0.2) is 9.98 Å². The van der Waals surface area contributed by atoms with Crippen LogP contribution in [0.1, 0.15) is 13.3 Å². The molecule has 64 valence electrons. The molecule has 0 aromatic carbocycles. The van der Waals surface area contributed by atoms with E-state index in [0.29, 0.717) is 0 Å². The second-order valence-electron chi connectivity index (χ2n) is 1.91. The van der Waals surface area contributed by atoms with Gasteiger partial charge in [-0.1, -0.05) is 25.6 Å². The first-order valence-corrected chi connectivity index (χ1v) is 4.30. The third-order valence-electron chi connectivity index (χ3n) is 0.928. The molecule has 0 saturated heterocycles. The molecule has 5 heteroatoms. The third kappa shape index (κ3) is 10.0. The molecule has 0 atom stereocenters. The molecular formula is C6H13N3S2. The van der Waals surface area contributed by atoms with Gasteiger partial charge in [-0.05, 0) is 13.3 Å². The Labute approximate surface area is 78.7 Å². The lowest BCUT2D eigenvalue weighted by atomic mass is 10.4. The van der Waals surface area contributed by atoms with Crippen LogP contribution in [0.5, 0.6) is 0 Å². The highest BCUT2D eigenvalue weighted by Crippen LogP contribution is 1.97. The fourth-order valence-electron chi connectivity index (χ4n) is 0.462. The summed E-state index contributed by atoms with van der Waals surface area (Å²) < 4.78 is 1.53. The summed E-state index contributed by atoms with van der Waals surface area (Å²) in [6.45, 7) is 4.24. The number of hydrogen-bond acceptors (Lipinski definition) is 5. The maximum absolute atomic E-state index is 3.95. The van der Waals surface area contributed by atoms with Gasteiger partial charge in [0.1, 0.15) is 0 Å². The molecule has 0 aromatic rings. The van der Waals surface area contributed by atoms with Gasteiger partial charge in [0.05, 0.1) is 12.6 Å². The summed E-state index contributed by atoms with van der Waals surface area (Å²) in [5.74, 6) is 0. The van der Waals surface area contributed by atoms with Gasteiger partial charge in [-0.3, -0.25) is 0 Å². The van der Waals surface area contributed by atoms with Crippen LogP contribution in [0.4, 0.5) is 0 Å². The lowest BCUT2D eigenvalue weighted by Gasteiger charge is -2.02. The van der Waals surface area contributed by atoms with Crippen molar-refractivity contribution in [3.8, 4) is 0 Å². The Morgan fingerprint density at radius 1 is 1.36 bits per heavy atom. The van der Waals surface area contributed by atoms with Crippen molar-refractivity contribution in [2.75, 3.05) is 19.6 Å². The Hall–Kier alpha value is 0.0400. The van der Waals surface area contributed by atoms with Crippen LogP contribution < -0.4 is 0 Å². The van der Waals surface area contributed by atoms with Gasteiger partial charge in [0.2, 0.25) is 0 Å². The van der Waals surface area contributed by atoms with Crippen LogP contribution in [-0.2, 0) is 0 Å². The molecule has 0 rings (SSSR count). The van der Waals surface area contributed by atoms with Crippen molar-refractivity contribution >= 4 is 31.6 Å². The van der Waals surface area contributed by atoms with Crippen molar-refractivity contribution in [1.29, 1.82) is 0 Å². The molecule has 0 aromatic heterocycles. The van der Waals surface area contributed by atoms with Crippen LogP contribution in [0, 0.1) is 0 Å². The van der Waals surface area contributed by atoms with Crippen molar-refractivity contribution in [2.45, 2.75) is 13.3 Å². The van der Waals surface area contributed by atoms with Gasteiger partial charge < -0.3 is 0 Å². The summed E-state index contributed by atoms with van der Waals surface area (Å²) in [5.41, 5.74) is 0. The van der Waals surface area contributed by atoms with E-state index in [4.69, 9.17) is 0 Å². The molecular weight excluding hydrogens is 178 g/mol. The van der Waals surface area contributed by atoms with E-state index in [9.17, 15) is 0 Å². The average molecular weight is 191 g/mol. The van der Waals surface area contributed by atoms with E-state index >= 15 is 0 Å². The molecule has 11 heavy (non-hydrogen) atoms. The first-order valence-electron chi connectivity index (χ1n) is 3.50. The standard InChI is InChI=1S/C6H13N3S2/c1-2-7-6-8-4-3-5-9(10)11/h10-11H,2-5H2,1H3. The summed E-state index contributed by atoms with van der Waals surface area (Å²) >= 11 is 7.91. The molecule has 0 aliphatic carbocycles. The van der Waals surface area contributed by atoms with E-state index in [1.54, 1.807) is 0 Å². The summed E-state index contributed by atoms with van der Waals surface area (Å²) in [6, 6.07) is 2.59. The SMILES string of the molecule is CCN=C=NCCCN(S)S. The number of rotatable bonds is 5. The third-order valence-corrected chi connectivity index (χ3v) is 1.33. The Balaban J connectivity index is 3.20. The summed E-state index contributed by atoms with van der Waals surface area (Å²) in [5, 5.41) is 0. The molecule has 0 saturated carbocycles. The first kappa shape index (κ1) is 11.0. The van der Waals surface area contributed by atoms with E-state index < -0.39 is 0 Å². The number of thiol groups is 2. The maximum Gasteiger partial charge on any atom is 0.0892 e. The van der Waals surface area contributed by atoms with Crippen LogP contribution >= 0.6 is 25.6 Å². The molecule has 0 N–H and O–H groups in total. The Kier molecular flexibility index (Phi) is 8.17. The molecule has 0 amide bonds. The van der Waals surface area contributed by atoms with Crippen LogP contribution in [-0.4, -0.2) is 29.4 Å². The molecule has 0 radical (unpaired) electrons. The van der Waals surface area contributed by atoms with E-state index in [1.165, 1.54) is 3.71 Å². The number of aliphatic imine (C=N–C) groups is 2. The second kappa shape index (κ2) is 8.14. The maximum atomic E-state index is 3.95. The van der Waals surface area contributed by atoms with Crippen molar-refractivity contribution in [3.05, 3.63) is 0 Å². The first-order chi connectivity index (χ1) is 5.27. The van der Waals surface area contributed by atoms with Gasteiger partial charge >= 0.3 is 0 Å².